The average molecular weight is 472 g/mol. The molecule has 0 aromatic carbocycles. The van der Waals surface area contributed by atoms with Gasteiger partial charge in [0.15, 0.2) is 0 Å². The van der Waals surface area contributed by atoms with Crippen LogP contribution in [0.25, 0.3) is 0 Å². The fraction of sp³-hybridized carbons (Fsp3) is 0.743. The summed E-state index contributed by atoms with van der Waals surface area (Å²) in [7, 11) is 0. The first kappa shape index (κ1) is 24.3. The molecule has 2 atom stereocenters. The van der Waals surface area contributed by atoms with Crippen LogP contribution in [-0.2, 0) is 0 Å². The van der Waals surface area contributed by atoms with Crippen LogP contribution >= 0.6 is 0 Å². The molecule has 0 fully saturated rings. The molecule has 0 aliphatic heterocycles. The molecule has 0 saturated heterocycles. The van der Waals surface area contributed by atoms with Crippen LogP contribution in [0.15, 0.2) is 44.6 Å². The Morgan fingerprint density at radius 3 is 1.74 bits per heavy atom. The third-order valence-corrected chi connectivity index (χ3v) is 10.9. The minimum atomic E-state index is 0.846. The fourth-order valence-electron chi connectivity index (χ4n) is 9.15. The zero-order chi connectivity index (χ0) is 23.5. The summed E-state index contributed by atoms with van der Waals surface area (Å²) in [6, 6.07) is 0. The average Bonchev–Trinajstić information content (AvgIpc) is 3.22. The summed E-state index contributed by atoms with van der Waals surface area (Å²) in [5.74, 6) is 1.70. The summed E-state index contributed by atoms with van der Waals surface area (Å²) < 4.78 is 0. The molecule has 0 bridgehead atoms. The van der Waals surface area contributed by atoms with Crippen molar-refractivity contribution >= 4 is 0 Å². The van der Waals surface area contributed by atoms with E-state index in [1.807, 2.05) is 39.0 Å². The normalized spacial score (nSPS) is 31.5. The minimum absolute atomic E-state index is 0.846. The predicted molar refractivity (Wildman–Crippen MR) is 150 cm³/mol. The smallest absolute Gasteiger partial charge is 0.0116 e. The van der Waals surface area contributed by atoms with E-state index in [9.17, 15) is 0 Å². The van der Waals surface area contributed by atoms with Gasteiger partial charge < -0.3 is 0 Å². The van der Waals surface area contributed by atoms with Gasteiger partial charge in [0, 0.05) is 6.42 Å². The van der Waals surface area contributed by atoms with Crippen LogP contribution in [-0.4, -0.2) is 0 Å². The van der Waals surface area contributed by atoms with E-state index in [4.69, 9.17) is 0 Å². The third kappa shape index (κ3) is 5.33. The molecule has 0 nitrogen and oxygen atoms in total. The van der Waals surface area contributed by atoms with Crippen molar-refractivity contribution < 1.29 is 0 Å². The lowest BCUT2D eigenvalue weighted by atomic mass is 9.67. The number of hydrogen-bond acceptors (Lipinski definition) is 0. The van der Waals surface area contributed by atoms with Gasteiger partial charge in [-0.1, -0.05) is 46.3 Å². The highest BCUT2D eigenvalue weighted by molar-refractivity contribution is 5.44. The van der Waals surface area contributed by atoms with E-state index in [0.29, 0.717) is 0 Å². The zero-order valence-electron chi connectivity index (χ0n) is 22.7. The van der Waals surface area contributed by atoms with Gasteiger partial charge in [-0.25, -0.2) is 0 Å². The molecule has 0 spiro atoms. The minimum Gasteiger partial charge on any atom is -0.0704 e. The summed E-state index contributed by atoms with van der Waals surface area (Å²) >= 11 is 0. The summed E-state index contributed by atoms with van der Waals surface area (Å²) in [4.78, 5) is 0. The van der Waals surface area contributed by atoms with Gasteiger partial charge in [-0.05, 0) is 164 Å². The van der Waals surface area contributed by atoms with Gasteiger partial charge in [0.25, 0.3) is 0 Å². The van der Waals surface area contributed by atoms with Gasteiger partial charge in [-0.15, -0.1) is 0 Å². The Morgan fingerprint density at radius 1 is 0.371 bits per heavy atom. The van der Waals surface area contributed by atoms with Crippen LogP contribution in [0, 0.1) is 18.3 Å². The Balaban J connectivity index is 1.41. The third-order valence-electron chi connectivity index (χ3n) is 10.9. The van der Waals surface area contributed by atoms with Crippen LogP contribution in [0.5, 0.6) is 0 Å². The zero-order valence-corrected chi connectivity index (χ0v) is 22.7. The first-order valence-electron chi connectivity index (χ1n) is 16.1. The summed E-state index contributed by atoms with van der Waals surface area (Å²) in [6.45, 7) is 0. The lowest BCUT2D eigenvalue weighted by Gasteiger charge is -2.38. The second-order valence-electron chi connectivity index (χ2n) is 12.9. The second kappa shape index (κ2) is 11.6. The van der Waals surface area contributed by atoms with Crippen molar-refractivity contribution in [2.75, 3.05) is 0 Å². The Kier molecular flexibility index (Phi) is 8.03. The highest BCUT2D eigenvalue weighted by Crippen LogP contribution is 2.50. The molecular formula is C35H51. The molecule has 6 aliphatic rings. The molecule has 0 heterocycles. The van der Waals surface area contributed by atoms with Crippen molar-refractivity contribution in [2.45, 2.75) is 154 Å². The Morgan fingerprint density at radius 2 is 0.886 bits per heavy atom. The highest BCUT2D eigenvalue weighted by atomic mass is 14.4. The summed E-state index contributed by atoms with van der Waals surface area (Å²) in [5.41, 5.74) is 15.2. The van der Waals surface area contributed by atoms with Gasteiger partial charge in [-0.3, -0.25) is 0 Å². The number of allylic oxidation sites excluding steroid dienone is 8. The summed E-state index contributed by atoms with van der Waals surface area (Å²) in [6.07, 6.45) is 37.1. The maximum Gasteiger partial charge on any atom is 0.0116 e. The molecule has 0 aromatic heterocycles. The van der Waals surface area contributed by atoms with Crippen molar-refractivity contribution in [1.29, 1.82) is 0 Å². The Bertz CT molecular complexity index is 902. The molecule has 6 aliphatic carbocycles. The van der Waals surface area contributed by atoms with E-state index < -0.39 is 0 Å². The molecule has 0 amide bonds. The van der Waals surface area contributed by atoms with Gasteiger partial charge in [0.2, 0.25) is 0 Å². The SMILES string of the molecule is [CH]1C2=C(CCCC2)CCCC(C2CCCC3=C(CCCCC3)C3=C2CCCCC3)C2=C1CCCC2. The molecule has 0 saturated carbocycles. The quantitative estimate of drug-likeness (QED) is 0.356. The molecule has 2 unspecified atom stereocenters. The van der Waals surface area contributed by atoms with Crippen LogP contribution in [0.1, 0.15) is 154 Å². The number of rotatable bonds is 1. The van der Waals surface area contributed by atoms with Crippen molar-refractivity contribution in [3.63, 3.8) is 0 Å². The van der Waals surface area contributed by atoms with Crippen molar-refractivity contribution in [3.8, 4) is 0 Å². The Labute approximate surface area is 216 Å². The Hall–Kier alpha value is -1.04. The molecule has 0 heteroatoms. The monoisotopic (exact) mass is 471 g/mol. The topological polar surface area (TPSA) is 0 Å². The van der Waals surface area contributed by atoms with Crippen molar-refractivity contribution in [1.82, 2.24) is 0 Å². The maximum absolute atomic E-state index is 2.78. The van der Waals surface area contributed by atoms with Crippen molar-refractivity contribution in [2.24, 2.45) is 11.8 Å². The molecule has 0 N–H and O–H groups in total. The van der Waals surface area contributed by atoms with Gasteiger partial charge in [-0.2, -0.15) is 0 Å². The van der Waals surface area contributed by atoms with E-state index in [-0.39, 0.29) is 0 Å². The van der Waals surface area contributed by atoms with Gasteiger partial charge in [0.1, 0.15) is 0 Å². The van der Waals surface area contributed by atoms with Crippen LogP contribution in [0.3, 0.4) is 0 Å². The molecule has 1 radical (unpaired) electrons. The highest BCUT2D eigenvalue weighted by Gasteiger charge is 2.35. The van der Waals surface area contributed by atoms with E-state index in [1.54, 1.807) is 5.57 Å². The van der Waals surface area contributed by atoms with E-state index in [2.05, 4.69) is 6.42 Å². The lowest BCUT2D eigenvalue weighted by Crippen LogP contribution is -2.24. The summed E-state index contributed by atoms with van der Waals surface area (Å²) in [5, 5.41) is 0. The van der Waals surface area contributed by atoms with E-state index in [0.717, 1.165) is 11.8 Å². The molecular weight excluding hydrogens is 420 g/mol. The molecule has 6 rings (SSSR count). The molecule has 35 heavy (non-hydrogen) atoms. The standard InChI is InChI=1S/C35H51/c1-3-14-27-18-12-24-35(34-22-6-2-5-21-32(34)30(27)19-4-1)33-23-11-17-26-13-7-8-15-28(26)25-29-16-9-10-20-31(29)33/h25,33,35H,1-24H2. The predicted octanol–water partition coefficient (Wildman–Crippen LogP) is 11.1. The van der Waals surface area contributed by atoms with Gasteiger partial charge >= 0.3 is 0 Å². The van der Waals surface area contributed by atoms with Crippen molar-refractivity contribution in [3.05, 3.63) is 51.0 Å². The van der Waals surface area contributed by atoms with E-state index in [1.165, 1.54) is 154 Å². The van der Waals surface area contributed by atoms with Crippen LogP contribution < -0.4 is 0 Å². The molecule has 191 valence electrons. The maximum atomic E-state index is 2.78. The lowest BCUT2D eigenvalue weighted by molar-refractivity contribution is 0.339. The van der Waals surface area contributed by atoms with Crippen LogP contribution in [0.4, 0.5) is 0 Å². The largest absolute Gasteiger partial charge is 0.0704 e. The number of fused-ring (bicyclic) bond motifs is 1. The number of hydrogen-bond donors (Lipinski definition) is 0. The fourth-order valence-corrected chi connectivity index (χ4v) is 9.15. The second-order valence-corrected chi connectivity index (χ2v) is 12.9. The van der Waals surface area contributed by atoms with Gasteiger partial charge in [0.05, 0.1) is 0 Å². The first-order valence-corrected chi connectivity index (χ1v) is 16.1. The first-order chi connectivity index (χ1) is 17.4. The van der Waals surface area contributed by atoms with Crippen LogP contribution in [0.2, 0.25) is 0 Å². The molecule has 0 aromatic rings. The van der Waals surface area contributed by atoms with E-state index >= 15 is 0 Å².